The van der Waals surface area contributed by atoms with E-state index in [4.69, 9.17) is 33.1 Å². The maximum absolute atomic E-state index is 15.2. The number of amides is 6. The van der Waals surface area contributed by atoms with Crippen molar-refractivity contribution in [2.45, 2.75) is 112 Å². The number of nitrogens with one attached hydrogen (secondary N) is 2. The number of carboxylic acids is 2. The first-order chi connectivity index (χ1) is 61.6. The number of hydrogen-bond donors (Lipinski definition) is 4. The molecular formula is C102H113Ar2N4O25P2-. The van der Waals surface area contributed by atoms with Gasteiger partial charge in [-0.1, -0.05) is 206 Å². The number of aryl methyl sites for hydroxylation is 2. The normalized spacial score (nSPS) is 20.7. The van der Waals surface area contributed by atoms with Crippen LogP contribution in [0, 0.1) is 160 Å². The molecule has 0 spiro atoms. The number of fused-ring (bicyclic) bond motifs is 6. The van der Waals surface area contributed by atoms with E-state index in [0.29, 0.717) is 90.1 Å². The van der Waals surface area contributed by atoms with Crippen molar-refractivity contribution in [2.75, 3.05) is 24.3 Å². The molecule has 0 radical (unpaired) electrons. The van der Waals surface area contributed by atoms with E-state index in [1.165, 1.54) is 37.7 Å². The summed E-state index contributed by atoms with van der Waals surface area (Å²) < 4.78 is 76.8. The number of rotatable bonds is 18. The maximum atomic E-state index is 15.2. The summed E-state index contributed by atoms with van der Waals surface area (Å²) in [5.41, 5.74) is 6.55. The van der Waals surface area contributed by atoms with Gasteiger partial charge in [0, 0.05) is 143 Å². The number of cyclic esters (lactones) is 4. The van der Waals surface area contributed by atoms with Crippen molar-refractivity contribution in [3.05, 3.63) is 242 Å². The Morgan fingerprint density at radius 2 is 0.674 bits per heavy atom. The molecule has 0 aromatic heterocycles. The summed E-state index contributed by atoms with van der Waals surface area (Å²) in [6.45, 7) is 24.1. The van der Waals surface area contributed by atoms with Crippen molar-refractivity contribution in [1.82, 2.24) is 10.2 Å². The molecule has 4 fully saturated rings. The minimum Gasteiger partial charge on any atom is -0.870 e. The Kier molecular flexibility index (Phi) is 40.5. The second-order valence-corrected chi connectivity index (χ2v) is 37.1. The van der Waals surface area contributed by atoms with Crippen LogP contribution >= 0.6 is 14.7 Å². The molecule has 0 aliphatic carbocycles. The van der Waals surface area contributed by atoms with Gasteiger partial charge in [0.15, 0.2) is 0 Å². The van der Waals surface area contributed by atoms with Gasteiger partial charge in [0.2, 0.25) is 35.4 Å². The Balaban J connectivity index is 0.000000333. The Bertz CT molecular complexity index is 6010. The fourth-order valence-electron chi connectivity index (χ4n) is 14.0. The van der Waals surface area contributed by atoms with Gasteiger partial charge < -0.3 is 63.8 Å². The topological polar surface area (TPSA) is 414 Å². The van der Waals surface area contributed by atoms with E-state index in [9.17, 15) is 62.6 Å². The predicted molar refractivity (Wildman–Crippen MR) is 505 cm³/mol. The van der Waals surface area contributed by atoms with Crippen molar-refractivity contribution in [1.29, 1.82) is 0 Å². The van der Waals surface area contributed by atoms with Gasteiger partial charge in [0.25, 0.3) is 0 Å². The van der Waals surface area contributed by atoms with Gasteiger partial charge in [-0.3, -0.25) is 76.5 Å². The molecule has 16 rings (SSSR count). The number of imide groups is 2. The molecule has 29 nitrogen and oxygen atoms in total. The fraction of sp³-hybridized carbons (Fsp3) is 0.294. The van der Waals surface area contributed by atoms with Crippen LogP contribution in [-0.4, -0.2) is 106 Å². The van der Waals surface area contributed by atoms with Gasteiger partial charge in [0.05, 0.1) is 62.4 Å². The molecule has 14 atom stereocenters. The molecule has 6 amide bonds. The largest absolute Gasteiger partial charge is 0.870 e. The number of ether oxygens (including phenoxy) is 6. The standard InChI is InChI=1S/C37H32NO7P.C37H30NO6P.C7H13NO3.C7H11NO2.2C6H8O3.2CH4.2Ar.H2O.H2/c1-23-12-16-28(17-13-23)44-33-21-20-29(43-27-18-14-26(15-19-27)38-36(39)24(2)25(3)37(40)41)22-35(33)46(42)34-11-7-5-9-31(34)30-8-4-6-10-32(30)45-46;1-23-12-16-28(17-13-23)43-33-21-20-29(42-27-18-14-26(15-19-27)38-36(39)24(2)25(3)37(38)40)22-35(33)45(41)34-11-7-5-9-31(34)30-8-4-6-10-32(30)44-45;1-4(6(9)8-3)5(2)7(10)11;1-4-5(2)7(10)8(3)6(4)9;2*1-3-4(2)6(8)9-5(3)7;;;;;;/h4-22,24-25H,1-3H3,(H,38,39)(H,40,41);4-22,24-25H,1-3H3;4-5H,1-3H3,(H,8,9)(H,10,11);4-5H,1-3H3;2*3-4H,1-2H3;2*1H4;;;1H2;1H/p-1/i;;;;;;;;;;;1+1. The molecule has 4 saturated heterocycles. The predicted octanol–water partition coefficient (Wildman–Crippen LogP) is 18.5. The first-order valence-electron chi connectivity index (χ1n) is 42.2. The van der Waals surface area contributed by atoms with Gasteiger partial charge in [-0.05, 0) is 158 Å². The summed E-state index contributed by atoms with van der Waals surface area (Å²) in [6, 6.07) is 69.1. The number of anilines is 2. The van der Waals surface area contributed by atoms with E-state index in [0.717, 1.165) is 33.4 Å². The number of carbonyl (C=O) groups excluding carboxylic acids is 10. The molecule has 6 aliphatic heterocycles. The van der Waals surface area contributed by atoms with Crippen LogP contribution in [0.5, 0.6) is 57.5 Å². The number of benzene rings is 10. The van der Waals surface area contributed by atoms with Crippen molar-refractivity contribution in [3.8, 4) is 79.7 Å². The van der Waals surface area contributed by atoms with Crippen LogP contribution in [0.2, 0.25) is 0 Å². The number of carbonyl (C=O) groups is 12. The van der Waals surface area contributed by atoms with Crippen molar-refractivity contribution in [2.24, 2.45) is 71.0 Å². The Morgan fingerprint density at radius 1 is 0.378 bits per heavy atom. The number of likely N-dealkylation sites (tertiary alicyclic amines) is 1. The molecule has 14 unspecified atom stereocenters. The van der Waals surface area contributed by atoms with E-state index in [2.05, 4.69) is 20.1 Å². The zero-order valence-electron chi connectivity index (χ0n) is 75.7. The van der Waals surface area contributed by atoms with E-state index < -0.39 is 80.1 Å². The van der Waals surface area contributed by atoms with Crippen molar-refractivity contribution >= 4 is 119 Å². The quantitative estimate of drug-likeness (QED) is 0.0268. The van der Waals surface area contributed by atoms with Crippen LogP contribution in [0.4, 0.5) is 11.4 Å². The maximum Gasteiger partial charge on any atom is 0.317 e. The van der Waals surface area contributed by atoms with Crippen molar-refractivity contribution < 1.29 is 197 Å². The molecular weight excluding hydrogens is 1820 g/mol. The second-order valence-electron chi connectivity index (χ2n) is 32.6. The van der Waals surface area contributed by atoms with E-state index in [1.807, 2.05) is 159 Å². The zero-order valence-corrected chi connectivity index (χ0v) is 78.9. The van der Waals surface area contributed by atoms with Gasteiger partial charge >= 0.3 is 50.6 Å². The average molecular weight is 1940 g/mol. The van der Waals surface area contributed by atoms with E-state index in [-0.39, 0.29) is 174 Å². The van der Waals surface area contributed by atoms with Crippen LogP contribution in [0.15, 0.2) is 231 Å². The third-order valence-corrected chi connectivity index (χ3v) is 28.8. The number of nitrogens with zero attached hydrogens (tertiary/aromatic N) is 2. The third-order valence-electron chi connectivity index (χ3n) is 23.8. The minimum absolute atomic E-state index is 0. The Hall–Kier alpha value is -11.6. The monoisotopic (exact) mass is 1940 g/mol. The molecule has 135 heavy (non-hydrogen) atoms. The van der Waals surface area contributed by atoms with Crippen LogP contribution in [0.25, 0.3) is 22.3 Å². The first-order valence-corrected chi connectivity index (χ1v) is 45.4. The molecule has 718 valence electrons. The fourth-order valence-corrected chi connectivity index (χ4v) is 18.8. The molecule has 0 bridgehead atoms. The Labute approximate surface area is 846 Å². The van der Waals surface area contributed by atoms with Crippen LogP contribution < -0.4 is 64.7 Å². The summed E-state index contributed by atoms with van der Waals surface area (Å²) in [5.74, 6) is -4.63. The summed E-state index contributed by atoms with van der Waals surface area (Å²) in [7, 11) is -4.46. The van der Waals surface area contributed by atoms with Crippen LogP contribution in [-0.2, 0) is 76.1 Å². The summed E-state index contributed by atoms with van der Waals surface area (Å²) in [5, 5.41) is 24.7. The minimum atomic E-state index is -3.75. The van der Waals surface area contributed by atoms with Gasteiger partial charge in [-0.2, -0.15) is 0 Å². The summed E-state index contributed by atoms with van der Waals surface area (Å²) >= 11 is 0. The van der Waals surface area contributed by atoms with E-state index >= 15 is 9.13 Å². The summed E-state index contributed by atoms with van der Waals surface area (Å²) in [6.07, 6.45) is 0. The van der Waals surface area contributed by atoms with Crippen LogP contribution in [0.1, 0.15) is 110 Å². The summed E-state index contributed by atoms with van der Waals surface area (Å²) in [4.78, 5) is 137. The zero-order chi connectivity index (χ0) is 94.7. The molecule has 5 N–H and O–H groups in total. The number of carboxylic acid groups (broad SMARTS) is 2. The number of para-hydroxylation sites is 2. The number of esters is 4. The second kappa shape index (κ2) is 48.7. The number of hydrogen-bond acceptors (Lipinski definition) is 23. The first kappa shape index (κ1) is 112. The number of aliphatic carboxylic acids is 2. The van der Waals surface area contributed by atoms with Crippen LogP contribution in [0.3, 0.4) is 0 Å². The SMILES string of the molecule is C.C.CC1C(=O)N(C)C(=O)C1C.CC1C(=O)OC(=O)C1C.CC1C(=O)OC(=O)C1C.CNC(=O)C(C)C(C)C(=O)O.Cc1ccc(Oc2ccc(Oc3ccc(N4C(=O)C(C)C(C)C4=O)cc3)cc2P2(=O)Oc3ccccc3-c3ccccc32)cc1.Cc1ccc(Oc2ccc(Oc3ccc(NC(=O)C(C)C(C)C(=O)O)cc3)cc2P2(=O)Oc3ccccc3-c3ccccc32)cc1.[2HH].[Ar].[Ar].[OH-]. The molecule has 6 aliphatic rings. The third kappa shape index (κ3) is 25.8. The smallest absolute Gasteiger partial charge is 0.317 e. The molecule has 6 heterocycles. The van der Waals surface area contributed by atoms with Crippen molar-refractivity contribution in [3.63, 3.8) is 0 Å². The Morgan fingerprint density at radius 3 is 0.993 bits per heavy atom. The average Bonchev–Trinajstić information content (AvgIpc) is 0.752. The molecule has 10 aromatic rings. The molecule has 33 heteroatoms. The molecule has 10 aromatic carbocycles. The van der Waals surface area contributed by atoms with Gasteiger partial charge in [0.1, 0.15) is 57.5 Å². The molecule has 0 saturated carbocycles. The van der Waals surface area contributed by atoms with Gasteiger partial charge in [-0.25, -0.2) is 0 Å². The van der Waals surface area contributed by atoms with Gasteiger partial charge in [-0.15, -0.1) is 0 Å². The van der Waals surface area contributed by atoms with E-state index in [1.54, 1.807) is 154 Å².